The molecule has 8 heteroatoms. The van der Waals surface area contributed by atoms with Gasteiger partial charge in [-0.05, 0) is 44.2 Å². The van der Waals surface area contributed by atoms with E-state index < -0.39 is 0 Å². The van der Waals surface area contributed by atoms with Crippen molar-refractivity contribution in [1.29, 1.82) is 0 Å². The third kappa shape index (κ3) is 3.95. The predicted octanol–water partition coefficient (Wildman–Crippen LogP) is 3.56. The molecule has 0 bridgehead atoms. The van der Waals surface area contributed by atoms with Gasteiger partial charge in [-0.3, -0.25) is 9.69 Å². The summed E-state index contributed by atoms with van der Waals surface area (Å²) in [4.78, 5) is 21.2. The zero-order valence-corrected chi connectivity index (χ0v) is 16.6. The van der Waals surface area contributed by atoms with Crippen LogP contribution in [0, 0.1) is 13.8 Å². The van der Waals surface area contributed by atoms with Crippen LogP contribution in [-0.4, -0.2) is 52.0 Å². The van der Waals surface area contributed by atoms with E-state index in [1.807, 2.05) is 30.9 Å². The maximum absolute atomic E-state index is 12.7. The Hall–Kier alpha value is -2.64. The summed E-state index contributed by atoms with van der Waals surface area (Å²) in [6.45, 7) is 7.04. The molecular weight excluding hydrogens is 380 g/mol. The molecule has 0 spiro atoms. The van der Waals surface area contributed by atoms with Gasteiger partial charge >= 0.3 is 0 Å². The van der Waals surface area contributed by atoms with E-state index in [2.05, 4.69) is 15.0 Å². The van der Waals surface area contributed by atoms with E-state index in [0.717, 1.165) is 24.4 Å². The van der Waals surface area contributed by atoms with E-state index in [9.17, 15) is 4.79 Å². The van der Waals surface area contributed by atoms with E-state index in [1.54, 1.807) is 18.2 Å². The molecule has 0 radical (unpaired) electrons. The van der Waals surface area contributed by atoms with Crippen molar-refractivity contribution < 1.29 is 13.7 Å². The summed E-state index contributed by atoms with van der Waals surface area (Å²) in [5, 5.41) is 4.71. The molecular formula is C20H21ClN4O3. The summed E-state index contributed by atoms with van der Waals surface area (Å²) in [5.74, 6) is 2.56. The van der Waals surface area contributed by atoms with Crippen LogP contribution in [0.1, 0.15) is 27.8 Å². The lowest BCUT2D eigenvalue weighted by molar-refractivity contribution is 0.0613. The lowest BCUT2D eigenvalue weighted by Crippen LogP contribution is -2.48. The zero-order valence-electron chi connectivity index (χ0n) is 15.8. The largest absolute Gasteiger partial charge is 0.466 e. The Labute approximate surface area is 167 Å². The van der Waals surface area contributed by atoms with Crippen molar-refractivity contribution in [3.8, 4) is 11.4 Å². The lowest BCUT2D eigenvalue weighted by atomic mass is 10.2. The Balaban J connectivity index is 1.34. The van der Waals surface area contributed by atoms with E-state index in [0.29, 0.717) is 47.7 Å². The molecule has 1 saturated heterocycles. The van der Waals surface area contributed by atoms with Crippen molar-refractivity contribution in [3.63, 3.8) is 0 Å². The number of piperazine rings is 1. The van der Waals surface area contributed by atoms with Gasteiger partial charge in [0.2, 0.25) is 11.7 Å². The van der Waals surface area contributed by atoms with Crippen LogP contribution in [0.2, 0.25) is 5.02 Å². The summed E-state index contributed by atoms with van der Waals surface area (Å²) in [5.41, 5.74) is 1.51. The Morgan fingerprint density at radius 1 is 1.14 bits per heavy atom. The molecule has 0 saturated carbocycles. The summed E-state index contributed by atoms with van der Waals surface area (Å²) in [7, 11) is 0. The molecule has 0 N–H and O–H groups in total. The predicted molar refractivity (Wildman–Crippen MR) is 104 cm³/mol. The lowest BCUT2D eigenvalue weighted by Gasteiger charge is -2.33. The molecule has 28 heavy (non-hydrogen) atoms. The number of hydrogen-bond acceptors (Lipinski definition) is 6. The first-order chi connectivity index (χ1) is 13.5. The van der Waals surface area contributed by atoms with Crippen molar-refractivity contribution in [2.45, 2.75) is 20.4 Å². The molecule has 3 heterocycles. The van der Waals surface area contributed by atoms with Crippen LogP contribution >= 0.6 is 11.6 Å². The number of benzene rings is 1. The molecule has 4 rings (SSSR count). The van der Waals surface area contributed by atoms with Crippen LogP contribution in [-0.2, 0) is 6.54 Å². The molecule has 2 aromatic heterocycles. The quantitative estimate of drug-likeness (QED) is 0.666. The van der Waals surface area contributed by atoms with E-state index >= 15 is 0 Å². The average molecular weight is 401 g/mol. The van der Waals surface area contributed by atoms with Crippen LogP contribution in [0.3, 0.4) is 0 Å². The number of amides is 1. The topological polar surface area (TPSA) is 75.6 Å². The van der Waals surface area contributed by atoms with E-state index in [-0.39, 0.29) is 5.91 Å². The third-order valence-electron chi connectivity index (χ3n) is 4.86. The first-order valence-electron chi connectivity index (χ1n) is 9.17. The number of aryl methyl sites for hydroxylation is 2. The van der Waals surface area contributed by atoms with Gasteiger partial charge in [0.25, 0.3) is 5.91 Å². The van der Waals surface area contributed by atoms with Gasteiger partial charge in [-0.15, -0.1) is 0 Å². The highest BCUT2D eigenvalue weighted by Crippen LogP contribution is 2.20. The Morgan fingerprint density at radius 2 is 1.86 bits per heavy atom. The number of rotatable bonds is 4. The number of furan rings is 1. The van der Waals surface area contributed by atoms with Crippen molar-refractivity contribution in [2.75, 3.05) is 26.2 Å². The number of halogens is 1. The zero-order chi connectivity index (χ0) is 19.7. The van der Waals surface area contributed by atoms with Crippen molar-refractivity contribution in [3.05, 3.63) is 58.3 Å². The molecule has 3 aromatic rings. The second kappa shape index (κ2) is 7.77. The Morgan fingerprint density at radius 3 is 2.50 bits per heavy atom. The van der Waals surface area contributed by atoms with Gasteiger partial charge in [-0.2, -0.15) is 4.98 Å². The molecule has 1 aliphatic rings. The maximum atomic E-state index is 12.7. The molecule has 1 aliphatic heterocycles. The fourth-order valence-electron chi connectivity index (χ4n) is 3.35. The first-order valence-corrected chi connectivity index (χ1v) is 9.54. The number of aromatic nitrogens is 2. The number of carbonyl (C=O) groups is 1. The smallest absolute Gasteiger partial charge is 0.257 e. The third-order valence-corrected chi connectivity index (χ3v) is 5.11. The first kappa shape index (κ1) is 18.7. The summed E-state index contributed by atoms with van der Waals surface area (Å²) >= 11 is 5.91. The van der Waals surface area contributed by atoms with Crippen LogP contribution in [0.4, 0.5) is 0 Å². The van der Waals surface area contributed by atoms with Crippen molar-refractivity contribution in [1.82, 2.24) is 19.9 Å². The highest BCUT2D eigenvalue weighted by Gasteiger charge is 2.25. The average Bonchev–Trinajstić information content (AvgIpc) is 3.28. The molecule has 146 valence electrons. The van der Waals surface area contributed by atoms with Gasteiger partial charge in [0, 0.05) is 36.8 Å². The van der Waals surface area contributed by atoms with Crippen LogP contribution in [0.5, 0.6) is 0 Å². The fourth-order valence-corrected chi connectivity index (χ4v) is 3.48. The molecule has 0 atom stereocenters. The Kier molecular flexibility index (Phi) is 5.19. The van der Waals surface area contributed by atoms with E-state index in [1.165, 1.54) is 0 Å². The van der Waals surface area contributed by atoms with Crippen LogP contribution < -0.4 is 0 Å². The van der Waals surface area contributed by atoms with Gasteiger partial charge in [-0.1, -0.05) is 16.8 Å². The van der Waals surface area contributed by atoms with Crippen molar-refractivity contribution in [2.24, 2.45) is 0 Å². The minimum absolute atomic E-state index is 0.0248. The molecule has 0 unspecified atom stereocenters. The van der Waals surface area contributed by atoms with Gasteiger partial charge in [0.15, 0.2) is 0 Å². The van der Waals surface area contributed by atoms with Gasteiger partial charge < -0.3 is 13.8 Å². The SMILES string of the molecule is Cc1cc(C(=O)N2CCN(Cc3nc(-c4ccc(Cl)cc4)no3)CC2)c(C)o1. The summed E-state index contributed by atoms with van der Waals surface area (Å²) in [6.07, 6.45) is 0. The molecule has 1 amide bonds. The van der Waals surface area contributed by atoms with Crippen LogP contribution in [0.15, 0.2) is 39.3 Å². The monoisotopic (exact) mass is 400 g/mol. The second-order valence-corrected chi connectivity index (χ2v) is 7.35. The summed E-state index contributed by atoms with van der Waals surface area (Å²) < 4.78 is 10.9. The normalized spacial score (nSPS) is 15.2. The fraction of sp³-hybridized carbons (Fsp3) is 0.350. The highest BCUT2D eigenvalue weighted by atomic mass is 35.5. The van der Waals surface area contributed by atoms with Crippen molar-refractivity contribution >= 4 is 17.5 Å². The minimum atomic E-state index is 0.0248. The maximum Gasteiger partial charge on any atom is 0.257 e. The second-order valence-electron chi connectivity index (χ2n) is 6.91. The minimum Gasteiger partial charge on any atom is -0.466 e. The molecule has 0 aliphatic carbocycles. The number of nitrogens with zero attached hydrogens (tertiary/aromatic N) is 4. The van der Waals surface area contributed by atoms with Gasteiger partial charge in [0.1, 0.15) is 11.5 Å². The van der Waals surface area contributed by atoms with Gasteiger partial charge in [-0.25, -0.2) is 0 Å². The molecule has 7 nitrogen and oxygen atoms in total. The van der Waals surface area contributed by atoms with E-state index in [4.69, 9.17) is 20.5 Å². The molecule has 1 aromatic carbocycles. The Bertz CT molecular complexity index is 972. The molecule has 1 fully saturated rings. The van der Waals surface area contributed by atoms with Gasteiger partial charge in [0.05, 0.1) is 12.1 Å². The standard InChI is InChI=1S/C20H21ClN4O3/c1-13-11-17(14(2)27-13)20(26)25-9-7-24(8-10-25)12-18-22-19(23-28-18)15-3-5-16(21)6-4-15/h3-6,11H,7-10,12H2,1-2H3. The summed E-state index contributed by atoms with van der Waals surface area (Å²) in [6, 6.07) is 9.13. The highest BCUT2D eigenvalue weighted by molar-refractivity contribution is 6.30. The number of hydrogen-bond donors (Lipinski definition) is 0. The van der Waals surface area contributed by atoms with Crippen LogP contribution in [0.25, 0.3) is 11.4 Å². The number of carbonyl (C=O) groups excluding carboxylic acids is 1.